The normalized spacial score (nSPS) is 16.2. The first-order chi connectivity index (χ1) is 8.38. The van der Waals surface area contributed by atoms with Crippen molar-refractivity contribution in [2.45, 2.75) is 19.2 Å². The Labute approximate surface area is 110 Å². The van der Waals surface area contributed by atoms with Crippen LogP contribution in [-0.4, -0.2) is 19.5 Å². The van der Waals surface area contributed by atoms with Crippen LogP contribution in [0.15, 0.2) is 16.6 Å². The molecule has 0 aromatic heterocycles. The van der Waals surface area contributed by atoms with Crippen molar-refractivity contribution in [1.82, 2.24) is 0 Å². The third-order valence-corrected chi connectivity index (χ3v) is 3.31. The highest BCUT2D eigenvalue weighted by molar-refractivity contribution is 9.10. The maximum atomic E-state index is 13.5. The van der Waals surface area contributed by atoms with Gasteiger partial charge in [-0.15, -0.1) is 13.2 Å². The summed E-state index contributed by atoms with van der Waals surface area (Å²) in [4.78, 5) is 1.69. The second kappa shape index (κ2) is 4.95. The lowest BCUT2D eigenvalue weighted by Crippen LogP contribution is -2.23. The molecule has 0 amide bonds. The highest BCUT2D eigenvalue weighted by Crippen LogP contribution is 2.41. The lowest BCUT2D eigenvalue weighted by molar-refractivity contribution is -0.275. The molecule has 18 heavy (non-hydrogen) atoms. The predicted molar refractivity (Wildman–Crippen MR) is 62.2 cm³/mol. The van der Waals surface area contributed by atoms with Gasteiger partial charge < -0.3 is 9.64 Å². The van der Waals surface area contributed by atoms with Crippen molar-refractivity contribution in [2.75, 3.05) is 18.0 Å². The summed E-state index contributed by atoms with van der Waals surface area (Å²) in [7, 11) is 0. The average Bonchev–Trinajstić information content (AvgIpc) is 2.75. The van der Waals surface area contributed by atoms with E-state index in [1.165, 1.54) is 6.07 Å². The van der Waals surface area contributed by atoms with E-state index in [0.717, 1.165) is 18.9 Å². The van der Waals surface area contributed by atoms with Crippen LogP contribution in [0, 0.1) is 5.82 Å². The maximum absolute atomic E-state index is 13.5. The molecule has 0 N–H and O–H groups in total. The highest BCUT2D eigenvalue weighted by Gasteiger charge is 2.35. The monoisotopic (exact) mass is 327 g/mol. The topological polar surface area (TPSA) is 12.5 Å². The third kappa shape index (κ3) is 2.88. The Kier molecular flexibility index (Phi) is 3.70. The SMILES string of the molecule is Fc1ccc(Br)c(N2CCCC2)c1OC(F)(F)F. The van der Waals surface area contributed by atoms with Gasteiger partial charge in [0.05, 0.1) is 5.69 Å². The fourth-order valence-corrected chi connectivity index (χ4v) is 2.53. The van der Waals surface area contributed by atoms with E-state index in [2.05, 4.69) is 20.7 Å². The molecule has 0 radical (unpaired) electrons. The molecule has 100 valence electrons. The smallest absolute Gasteiger partial charge is 0.400 e. The molecule has 0 bridgehead atoms. The standard InChI is InChI=1S/C11H10BrF4NO/c12-7-3-4-8(13)10(18-11(14,15)16)9(7)17-5-1-2-6-17/h3-4H,1-2,5-6H2. The van der Waals surface area contributed by atoms with Gasteiger partial charge >= 0.3 is 6.36 Å². The summed E-state index contributed by atoms with van der Waals surface area (Å²) >= 11 is 3.14. The maximum Gasteiger partial charge on any atom is 0.573 e. The van der Waals surface area contributed by atoms with Gasteiger partial charge in [0.2, 0.25) is 0 Å². The number of hydrogen-bond acceptors (Lipinski definition) is 2. The molecule has 0 atom stereocenters. The van der Waals surface area contributed by atoms with Crippen LogP contribution in [-0.2, 0) is 0 Å². The Hall–Kier alpha value is -0.980. The van der Waals surface area contributed by atoms with Crippen LogP contribution >= 0.6 is 15.9 Å². The molecule has 0 unspecified atom stereocenters. The van der Waals surface area contributed by atoms with Crippen molar-refractivity contribution < 1.29 is 22.3 Å². The zero-order valence-corrected chi connectivity index (χ0v) is 10.8. The van der Waals surface area contributed by atoms with E-state index in [1.54, 1.807) is 4.90 Å². The summed E-state index contributed by atoms with van der Waals surface area (Å²) in [5, 5.41) is 0. The summed E-state index contributed by atoms with van der Waals surface area (Å²) in [6, 6.07) is 2.33. The molecular weight excluding hydrogens is 318 g/mol. The number of benzene rings is 1. The van der Waals surface area contributed by atoms with Crippen molar-refractivity contribution in [3.05, 3.63) is 22.4 Å². The fraction of sp³-hybridized carbons (Fsp3) is 0.455. The van der Waals surface area contributed by atoms with Gasteiger partial charge in [-0.05, 0) is 40.9 Å². The van der Waals surface area contributed by atoms with Gasteiger partial charge in [-0.1, -0.05) is 0 Å². The zero-order chi connectivity index (χ0) is 13.3. The molecule has 2 nitrogen and oxygen atoms in total. The van der Waals surface area contributed by atoms with Crippen LogP contribution in [0.4, 0.5) is 23.2 Å². The lowest BCUT2D eigenvalue weighted by atomic mass is 10.2. The van der Waals surface area contributed by atoms with E-state index in [4.69, 9.17) is 0 Å². The molecule has 1 aliphatic rings. The summed E-state index contributed by atoms with van der Waals surface area (Å²) in [5.41, 5.74) is 0.129. The number of hydrogen-bond donors (Lipinski definition) is 0. The van der Waals surface area contributed by atoms with Crippen molar-refractivity contribution in [2.24, 2.45) is 0 Å². The number of ether oxygens (including phenoxy) is 1. The third-order valence-electron chi connectivity index (χ3n) is 2.67. The summed E-state index contributed by atoms with van der Waals surface area (Å²) in [6.45, 7) is 1.19. The molecule has 1 fully saturated rings. The molecule has 7 heteroatoms. The van der Waals surface area contributed by atoms with E-state index >= 15 is 0 Å². The van der Waals surface area contributed by atoms with Crippen LogP contribution in [0.3, 0.4) is 0 Å². The van der Waals surface area contributed by atoms with Crippen molar-refractivity contribution in [1.29, 1.82) is 0 Å². The quantitative estimate of drug-likeness (QED) is 0.759. The van der Waals surface area contributed by atoms with Crippen LogP contribution < -0.4 is 9.64 Å². The number of nitrogens with zero attached hydrogens (tertiary/aromatic N) is 1. The van der Waals surface area contributed by atoms with Gasteiger partial charge in [-0.2, -0.15) is 0 Å². The Balaban J connectivity index is 2.44. The zero-order valence-electron chi connectivity index (χ0n) is 9.23. The van der Waals surface area contributed by atoms with Gasteiger partial charge in [0.15, 0.2) is 11.6 Å². The van der Waals surface area contributed by atoms with Crippen LogP contribution in [0.2, 0.25) is 0 Å². The number of rotatable bonds is 2. The Morgan fingerprint density at radius 3 is 2.33 bits per heavy atom. The molecule has 0 aliphatic carbocycles. The van der Waals surface area contributed by atoms with Gasteiger partial charge in [-0.3, -0.25) is 0 Å². The van der Waals surface area contributed by atoms with Crippen molar-refractivity contribution in [3.63, 3.8) is 0 Å². The molecule has 0 spiro atoms. The fourth-order valence-electron chi connectivity index (χ4n) is 1.97. The first kappa shape index (κ1) is 13.5. The highest BCUT2D eigenvalue weighted by atomic mass is 79.9. The van der Waals surface area contributed by atoms with E-state index in [0.29, 0.717) is 17.6 Å². The Bertz CT molecular complexity index is 443. The average molecular weight is 328 g/mol. The Morgan fingerprint density at radius 1 is 1.17 bits per heavy atom. The molecule has 1 heterocycles. The largest absolute Gasteiger partial charge is 0.573 e. The van der Waals surface area contributed by atoms with E-state index in [-0.39, 0.29) is 5.69 Å². The van der Waals surface area contributed by atoms with Gasteiger partial charge in [0, 0.05) is 17.6 Å². The van der Waals surface area contributed by atoms with E-state index in [9.17, 15) is 17.6 Å². The number of anilines is 1. The molecule has 1 aromatic rings. The minimum absolute atomic E-state index is 0.129. The molecule has 2 rings (SSSR count). The molecule has 1 aromatic carbocycles. The molecule has 1 saturated heterocycles. The number of halogens is 5. The summed E-state index contributed by atoms with van der Waals surface area (Å²) in [5.74, 6) is -1.78. The van der Waals surface area contributed by atoms with Gasteiger partial charge in [-0.25, -0.2) is 4.39 Å². The minimum Gasteiger partial charge on any atom is -0.400 e. The van der Waals surface area contributed by atoms with Crippen LogP contribution in [0.5, 0.6) is 5.75 Å². The van der Waals surface area contributed by atoms with E-state index < -0.39 is 17.9 Å². The molecular formula is C11H10BrF4NO. The minimum atomic E-state index is -4.91. The Morgan fingerprint density at radius 2 is 1.78 bits per heavy atom. The molecule has 0 saturated carbocycles. The van der Waals surface area contributed by atoms with Crippen molar-refractivity contribution >= 4 is 21.6 Å². The molecule has 1 aliphatic heterocycles. The number of alkyl halides is 3. The van der Waals surface area contributed by atoms with Gasteiger partial charge in [0.25, 0.3) is 0 Å². The first-order valence-corrected chi connectivity index (χ1v) is 6.16. The van der Waals surface area contributed by atoms with Gasteiger partial charge in [0.1, 0.15) is 0 Å². The van der Waals surface area contributed by atoms with Crippen molar-refractivity contribution in [3.8, 4) is 5.75 Å². The summed E-state index contributed by atoms with van der Waals surface area (Å²) in [6.07, 6.45) is -3.17. The van der Waals surface area contributed by atoms with Crippen LogP contribution in [0.1, 0.15) is 12.8 Å². The second-order valence-corrected chi connectivity index (χ2v) is 4.80. The second-order valence-electron chi connectivity index (χ2n) is 3.95. The lowest BCUT2D eigenvalue weighted by Gasteiger charge is -2.23. The van der Waals surface area contributed by atoms with E-state index in [1.807, 2.05) is 0 Å². The first-order valence-electron chi connectivity index (χ1n) is 5.37. The predicted octanol–water partition coefficient (Wildman–Crippen LogP) is 4.09. The summed E-state index contributed by atoms with van der Waals surface area (Å²) < 4.78 is 54.6. The van der Waals surface area contributed by atoms with Crippen LogP contribution in [0.25, 0.3) is 0 Å².